The molecule has 1 aromatic carbocycles. The molecule has 1 aliphatic rings. The van der Waals surface area contributed by atoms with Crippen molar-refractivity contribution in [3.05, 3.63) is 34.1 Å². The summed E-state index contributed by atoms with van der Waals surface area (Å²) in [5.41, 5.74) is 0.155. The average molecular weight is 393 g/mol. The van der Waals surface area contributed by atoms with Crippen molar-refractivity contribution in [2.45, 2.75) is 19.3 Å². The molecule has 0 saturated carbocycles. The van der Waals surface area contributed by atoms with Gasteiger partial charge in [0.05, 0.1) is 5.75 Å². The van der Waals surface area contributed by atoms with Crippen molar-refractivity contribution in [1.29, 1.82) is 0 Å². The normalized spacial score (nSPS) is 16.5. The maximum Gasteiger partial charge on any atom is 0.251 e. The van der Waals surface area contributed by atoms with Gasteiger partial charge in [0, 0.05) is 29.7 Å². The van der Waals surface area contributed by atoms with Crippen molar-refractivity contribution in [3.63, 3.8) is 0 Å². The third kappa shape index (κ3) is 4.76. The van der Waals surface area contributed by atoms with Gasteiger partial charge in [-0.05, 0) is 31.0 Å². The van der Waals surface area contributed by atoms with Gasteiger partial charge in [-0.3, -0.25) is 4.79 Å². The van der Waals surface area contributed by atoms with Crippen molar-refractivity contribution in [1.82, 2.24) is 9.62 Å². The van der Waals surface area contributed by atoms with Crippen LogP contribution in [0.4, 0.5) is 4.39 Å². The first-order valence-corrected chi connectivity index (χ1v) is 9.51. The second kappa shape index (κ2) is 7.52. The van der Waals surface area contributed by atoms with Crippen LogP contribution in [0.1, 0.15) is 29.6 Å². The summed E-state index contributed by atoms with van der Waals surface area (Å²) in [6, 6.07) is 3.84. The zero-order valence-corrected chi connectivity index (χ0v) is 14.4. The molecule has 1 saturated heterocycles. The van der Waals surface area contributed by atoms with Crippen LogP contribution in [0.15, 0.2) is 22.7 Å². The molecule has 1 aliphatic heterocycles. The molecule has 122 valence electrons. The highest BCUT2D eigenvalue weighted by atomic mass is 79.9. The molecule has 0 atom stereocenters. The van der Waals surface area contributed by atoms with Gasteiger partial charge in [-0.2, -0.15) is 0 Å². The van der Waals surface area contributed by atoms with Crippen molar-refractivity contribution in [3.8, 4) is 0 Å². The molecule has 0 spiro atoms. The first kappa shape index (κ1) is 17.4. The Morgan fingerprint density at radius 2 is 1.91 bits per heavy atom. The predicted molar refractivity (Wildman–Crippen MR) is 85.6 cm³/mol. The molecule has 8 heteroatoms. The van der Waals surface area contributed by atoms with Crippen LogP contribution < -0.4 is 5.32 Å². The third-order valence-electron chi connectivity index (χ3n) is 3.48. The number of hydrogen-bond acceptors (Lipinski definition) is 3. The van der Waals surface area contributed by atoms with Gasteiger partial charge in [-0.1, -0.05) is 22.4 Å². The van der Waals surface area contributed by atoms with E-state index >= 15 is 0 Å². The number of amides is 1. The number of benzene rings is 1. The van der Waals surface area contributed by atoms with Gasteiger partial charge in [0.2, 0.25) is 10.0 Å². The molecule has 1 amide bonds. The van der Waals surface area contributed by atoms with Crippen LogP contribution in [0.25, 0.3) is 0 Å². The molecule has 22 heavy (non-hydrogen) atoms. The molecular weight excluding hydrogens is 375 g/mol. The monoisotopic (exact) mass is 392 g/mol. The number of nitrogens with one attached hydrogen (secondary N) is 1. The quantitative estimate of drug-likeness (QED) is 0.834. The smallest absolute Gasteiger partial charge is 0.251 e. The van der Waals surface area contributed by atoms with Gasteiger partial charge in [-0.15, -0.1) is 0 Å². The predicted octanol–water partition coefficient (Wildman–Crippen LogP) is 2.13. The van der Waals surface area contributed by atoms with Gasteiger partial charge in [-0.25, -0.2) is 17.1 Å². The molecule has 0 aromatic heterocycles. The van der Waals surface area contributed by atoms with E-state index in [-0.39, 0.29) is 17.9 Å². The number of halogens is 2. The van der Waals surface area contributed by atoms with Gasteiger partial charge in [0.15, 0.2) is 0 Å². The van der Waals surface area contributed by atoms with Crippen LogP contribution in [0.2, 0.25) is 0 Å². The van der Waals surface area contributed by atoms with Crippen LogP contribution >= 0.6 is 15.9 Å². The molecular formula is C14H18BrFN2O3S. The van der Waals surface area contributed by atoms with Crippen molar-refractivity contribution in [2.75, 3.05) is 25.4 Å². The lowest BCUT2D eigenvalue weighted by Gasteiger charge is -2.25. The van der Waals surface area contributed by atoms with E-state index in [9.17, 15) is 17.6 Å². The molecule has 0 aliphatic carbocycles. The third-order valence-corrected chi connectivity index (χ3v) is 5.81. The highest BCUT2D eigenvalue weighted by molar-refractivity contribution is 9.10. The molecule has 1 heterocycles. The summed E-state index contributed by atoms with van der Waals surface area (Å²) < 4.78 is 39.4. The van der Waals surface area contributed by atoms with Gasteiger partial charge < -0.3 is 5.32 Å². The zero-order chi connectivity index (χ0) is 16.2. The lowest BCUT2D eigenvalue weighted by Crippen LogP contribution is -2.40. The van der Waals surface area contributed by atoms with Crippen LogP contribution in [-0.2, 0) is 10.0 Å². The SMILES string of the molecule is O=C(NCCS(=O)(=O)N1CCCCC1)c1cc(F)cc(Br)c1. The van der Waals surface area contributed by atoms with E-state index in [1.807, 2.05) is 0 Å². The number of nitrogens with zero attached hydrogens (tertiary/aromatic N) is 1. The standard InChI is InChI=1S/C14H18BrFN2O3S/c15-12-8-11(9-13(16)10-12)14(19)17-4-7-22(20,21)18-5-2-1-3-6-18/h8-10H,1-7H2,(H,17,19). The van der Waals surface area contributed by atoms with Crippen LogP contribution in [0.5, 0.6) is 0 Å². The lowest BCUT2D eigenvalue weighted by molar-refractivity contribution is 0.0955. The molecule has 2 rings (SSSR count). The minimum Gasteiger partial charge on any atom is -0.351 e. The molecule has 5 nitrogen and oxygen atoms in total. The zero-order valence-electron chi connectivity index (χ0n) is 12.0. The topological polar surface area (TPSA) is 66.5 Å². The van der Waals surface area contributed by atoms with Crippen LogP contribution in [-0.4, -0.2) is 44.0 Å². The Labute approximate surface area is 138 Å². The number of carbonyl (C=O) groups excluding carboxylic acids is 1. The fourth-order valence-corrected chi connectivity index (χ4v) is 4.25. The van der Waals surface area contributed by atoms with Gasteiger partial charge in [0.25, 0.3) is 5.91 Å². The van der Waals surface area contributed by atoms with E-state index in [0.717, 1.165) is 25.3 Å². The summed E-state index contributed by atoms with van der Waals surface area (Å²) in [6.45, 7) is 1.10. The minimum absolute atomic E-state index is 0.00575. The van der Waals surface area contributed by atoms with Gasteiger partial charge >= 0.3 is 0 Å². The average Bonchev–Trinajstić information content (AvgIpc) is 2.47. The van der Waals surface area contributed by atoms with Crippen molar-refractivity contribution in [2.24, 2.45) is 0 Å². The molecule has 1 fully saturated rings. The number of carbonyl (C=O) groups is 1. The summed E-state index contributed by atoms with van der Waals surface area (Å²) in [5, 5.41) is 2.52. The summed E-state index contributed by atoms with van der Waals surface area (Å²) >= 11 is 3.11. The Kier molecular flexibility index (Phi) is 5.94. The van der Waals surface area contributed by atoms with Crippen LogP contribution in [0, 0.1) is 5.82 Å². The first-order chi connectivity index (χ1) is 10.4. The van der Waals surface area contributed by atoms with Crippen molar-refractivity contribution >= 4 is 31.9 Å². The summed E-state index contributed by atoms with van der Waals surface area (Å²) in [5.74, 6) is -1.16. The summed E-state index contributed by atoms with van der Waals surface area (Å²) in [7, 11) is -3.34. The van der Waals surface area contributed by atoms with E-state index < -0.39 is 21.7 Å². The van der Waals surface area contributed by atoms with Gasteiger partial charge in [0.1, 0.15) is 5.82 Å². The second-order valence-corrected chi connectivity index (χ2v) is 8.19. The second-order valence-electron chi connectivity index (χ2n) is 5.19. The maximum absolute atomic E-state index is 13.2. The van der Waals surface area contributed by atoms with E-state index in [0.29, 0.717) is 17.6 Å². The summed E-state index contributed by atoms with van der Waals surface area (Å²) in [4.78, 5) is 11.9. The fraction of sp³-hybridized carbons (Fsp3) is 0.500. The highest BCUT2D eigenvalue weighted by Gasteiger charge is 2.23. The van der Waals surface area contributed by atoms with Crippen LogP contribution in [0.3, 0.4) is 0 Å². The van der Waals surface area contributed by atoms with E-state index in [4.69, 9.17) is 0 Å². The molecule has 1 N–H and O–H groups in total. The molecule has 0 bridgehead atoms. The number of sulfonamides is 1. The largest absolute Gasteiger partial charge is 0.351 e. The first-order valence-electron chi connectivity index (χ1n) is 7.10. The summed E-state index contributed by atoms with van der Waals surface area (Å²) in [6.07, 6.45) is 2.81. The van der Waals surface area contributed by atoms with E-state index in [1.165, 1.54) is 16.4 Å². The Morgan fingerprint density at radius 3 is 2.55 bits per heavy atom. The number of rotatable bonds is 5. The highest BCUT2D eigenvalue weighted by Crippen LogP contribution is 2.15. The Bertz CT molecular complexity index is 625. The minimum atomic E-state index is -3.34. The lowest BCUT2D eigenvalue weighted by atomic mass is 10.2. The number of piperidine rings is 1. The Hall–Kier alpha value is -0.990. The Balaban J connectivity index is 1.88. The molecule has 0 radical (unpaired) electrons. The van der Waals surface area contributed by atoms with Crippen molar-refractivity contribution < 1.29 is 17.6 Å². The Morgan fingerprint density at radius 1 is 1.23 bits per heavy atom. The molecule has 0 unspecified atom stereocenters. The fourth-order valence-electron chi connectivity index (χ4n) is 2.35. The maximum atomic E-state index is 13.2. The van der Waals surface area contributed by atoms with E-state index in [1.54, 1.807) is 0 Å². The number of hydrogen-bond donors (Lipinski definition) is 1. The molecule has 1 aromatic rings. The van der Waals surface area contributed by atoms with E-state index in [2.05, 4.69) is 21.2 Å².